The molecular weight excluding hydrogens is 172 g/mol. The molecule has 0 atom stereocenters. The molecule has 0 aliphatic rings. The molecule has 14 heavy (non-hydrogen) atoms. The highest BCUT2D eigenvalue weighted by molar-refractivity contribution is 4.79. The van der Waals surface area contributed by atoms with Crippen molar-refractivity contribution in [2.45, 2.75) is 33.7 Å². The van der Waals surface area contributed by atoms with E-state index in [2.05, 4.69) is 51.5 Å². The summed E-state index contributed by atoms with van der Waals surface area (Å²) >= 11 is 0. The third kappa shape index (κ3) is 7.10. The molecule has 0 radical (unpaired) electrons. The molecular formula is C12H26N2. The maximum Gasteiger partial charge on any atom is 0.0157 e. The van der Waals surface area contributed by atoms with E-state index in [0.717, 1.165) is 19.6 Å². The number of hydrogen-bond acceptors (Lipinski definition) is 2. The number of hydrogen-bond donors (Lipinski definition) is 1. The fraction of sp³-hybridized carbons (Fsp3) is 0.833. The number of likely N-dealkylation sites (N-methyl/N-ethyl adjacent to an activating group) is 1. The quantitative estimate of drug-likeness (QED) is 0.630. The third-order valence-corrected chi connectivity index (χ3v) is 2.13. The zero-order valence-corrected chi connectivity index (χ0v) is 10.4. The third-order valence-electron chi connectivity index (χ3n) is 2.13. The van der Waals surface area contributed by atoms with E-state index in [9.17, 15) is 0 Å². The van der Waals surface area contributed by atoms with Gasteiger partial charge in [-0.2, -0.15) is 0 Å². The van der Waals surface area contributed by atoms with Gasteiger partial charge in [-0.3, -0.25) is 0 Å². The fourth-order valence-corrected chi connectivity index (χ4v) is 1.55. The van der Waals surface area contributed by atoms with Crippen molar-refractivity contribution in [2.24, 2.45) is 5.41 Å². The minimum Gasteiger partial charge on any atom is -0.314 e. The lowest BCUT2D eigenvalue weighted by atomic mass is 9.92. The molecule has 0 saturated heterocycles. The first kappa shape index (κ1) is 13.7. The van der Waals surface area contributed by atoms with E-state index in [1.54, 1.807) is 0 Å². The Hall–Kier alpha value is -0.340. The second-order valence-electron chi connectivity index (χ2n) is 5.19. The molecule has 0 aromatic rings. The van der Waals surface area contributed by atoms with Crippen LogP contribution in [0.1, 0.15) is 27.7 Å². The van der Waals surface area contributed by atoms with Crippen LogP contribution in [0.25, 0.3) is 0 Å². The monoisotopic (exact) mass is 198 g/mol. The second kappa shape index (κ2) is 6.20. The van der Waals surface area contributed by atoms with Crippen LogP contribution < -0.4 is 5.32 Å². The molecule has 0 heterocycles. The van der Waals surface area contributed by atoms with Gasteiger partial charge in [0.15, 0.2) is 0 Å². The van der Waals surface area contributed by atoms with Gasteiger partial charge in [-0.25, -0.2) is 0 Å². The van der Waals surface area contributed by atoms with E-state index >= 15 is 0 Å². The lowest BCUT2D eigenvalue weighted by Crippen LogP contribution is -2.41. The normalized spacial score (nSPS) is 12.5. The van der Waals surface area contributed by atoms with Gasteiger partial charge in [-0.1, -0.05) is 33.8 Å². The SMILES string of the molecule is C=CCN(C)CC(C)(C)CNC(C)C. The van der Waals surface area contributed by atoms with Crippen LogP contribution >= 0.6 is 0 Å². The van der Waals surface area contributed by atoms with Crippen LogP contribution in [-0.4, -0.2) is 37.6 Å². The van der Waals surface area contributed by atoms with Gasteiger partial charge < -0.3 is 10.2 Å². The van der Waals surface area contributed by atoms with Crippen LogP contribution in [0.3, 0.4) is 0 Å². The maximum atomic E-state index is 3.75. The smallest absolute Gasteiger partial charge is 0.0157 e. The van der Waals surface area contributed by atoms with E-state index in [1.807, 2.05) is 6.08 Å². The highest BCUT2D eigenvalue weighted by Gasteiger charge is 2.19. The van der Waals surface area contributed by atoms with Gasteiger partial charge in [0.2, 0.25) is 0 Å². The van der Waals surface area contributed by atoms with Crippen molar-refractivity contribution in [3.8, 4) is 0 Å². The highest BCUT2D eigenvalue weighted by Crippen LogP contribution is 2.15. The van der Waals surface area contributed by atoms with E-state index in [-0.39, 0.29) is 0 Å². The van der Waals surface area contributed by atoms with Gasteiger partial charge in [-0.05, 0) is 12.5 Å². The number of nitrogens with zero attached hydrogens (tertiary/aromatic N) is 1. The summed E-state index contributed by atoms with van der Waals surface area (Å²) in [7, 11) is 2.14. The summed E-state index contributed by atoms with van der Waals surface area (Å²) in [5, 5.41) is 3.48. The molecule has 2 nitrogen and oxygen atoms in total. The van der Waals surface area contributed by atoms with Crippen molar-refractivity contribution < 1.29 is 0 Å². The van der Waals surface area contributed by atoms with Crippen LogP contribution in [0, 0.1) is 5.41 Å². The van der Waals surface area contributed by atoms with Crippen LogP contribution in [0.2, 0.25) is 0 Å². The molecule has 0 fully saturated rings. The lowest BCUT2D eigenvalue weighted by Gasteiger charge is -2.30. The summed E-state index contributed by atoms with van der Waals surface area (Å²) in [5.74, 6) is 0. The standard InChI is InChI=1S/C12H26N2/c1-7-8-14(6)10-12(4,5)9-13-11(2)3/h7,11,13H,1,8-10H2,2-6H3. The summed E-state index contributed by atoms with van der Waals surface area (Å²) in [6, 6.07) is 0.569. The minimum atomic E-state index is 0.321. The number of nitrogens with one attached hydrogen (secondary N) is 1. The number of rotatable bonds is 7. The van der Waals surface area contributed by atoms with E-state index in [4.69, 9.17) is 0 Å². The average molecular weight is 198 g/mol. The molecule has 0 rings (SSSR count). The summed E-state index contributed by atoms with van der Waals surface area (Å²) in [6.45, 7) is 15.8. The van der Waals surface area contributed by atoms with Crippen molar-refractivity contribution >= 4 is 0 Å². The maximum absolute atomic E-state index is 3.75. The molecule has 0 aromatic carbocycles. The van der Waals surface area contributed by atoms with Crippen molar-refractivity contribution in [3.05, 3.63) is 12.7 Å². The van der Waals surface area contributed by atoms with Crippen molar-refractivity contribution in [1.29, 1.82) is 0 Å². The van der Waals surface area contributed by atoms with Crippen LogP contribution in [0.4, 0.5) is 0 Å². The van der Waals surface area contributed by atoms with Gasteiger partial charge in [-0.15, -0.1) is 6.58 Å². The zero-order valence-electron chi connectivity index (χ0n) is 10.4. The first-order valence-corrected chi connectivity index (χ1v) is 5.40. The minimum absolute atomic E-state index is 0.321. The molecule has 0 unspecified atom stereocenters. The molecule has 0 amide bonds. The van der Waals surface area contributed by atoms with Crippen molar-refractivity contribution in [2.75, 3.05) is 26.7 Å². The van der Waals surface area contributed by atoms with Crippen molar-refractivity contribution in [1.82, 2.24) is 10.2 Å². The predicted molar refractivity (Wildman–Crippen MR) is 64.6 cm³/mol. The van der Waals surface area contributed by atoms with E-state index < -0.39 is 0 Å². The Morgan fingerprint density at radius 3 is 2.43 bits per heavy atom. The molecule has 0 spiro atoms. The van der Waals surface area contributed by atoms with Gasteiger partial charge in [0.1, 0.15) is 0 Å². The van der Waals surface area contributed by atoms with Crippen molar-refractivity contribution in [3.63, 3.8) is 0 Å². The summed E-state index contributed by atoms with van der Waals surface area (Å²) < 4.78 is 0. The Kier molecular flexibility index (Phi) is 6.05. The van der Waals surface area contributed by atoms with Gasteiger partial charge in [0.05, 0.1) is 0 Å². The van der Waals surface area contributed by atoms with Crippen LogP contribution in [0.5, 0.6) is 0 Å². The molecule has 84 valence electrons. The molecule has 0 aromatic heterocycles. The second-order valence-corrected chi connectivity index (χ2v) is 5.19. The van der Waals surface area contributed by atoms with E-state index in [0.29, 0.717) is 11.5 Å². The Morgan fingerprint density at radius 2 is 2.00 bits per heavy atom. The molecule has 0 bridgehead atoms. The van der Waals surface area contributed by atoms with Crippen LogP contribution in [-0.2, 0) is 0 Å². The van der Waals surface area contributed by atoms with Gasteiger partial charge in [0, 0.05) is 25.7 Å². The summed E-state index contributed by atoms with van der Waals surface area (Å²) in [5.41, 5.74) is 0.321. The largest absolute Gasteiger partial charge is 0.314 e. The molecule has 0 aliphatic heterocycles. The molecule has 0 aliphatic carbocycles. The Balaban J connectivity index is 3.86. The first-order valence-electron chi connectivity index (χ1n) is 5.40. The first-order chi connectivity index (χ1) is 6.37. The Bertz CT molecular complexity index is 162. The summed E-state index contributed by atoms with van der Waals surface area (Å²) in [6.07, 6.45) is 1.95. The average Bonchev–Trinajstić information content (AvgIpc) is 2.00. The summed E-state index contributed by atoms with van der Waals surface area (Å²) in [4.78, 5) is 2.30. The fourth-order valence-electron chi connectivity index (χ4n) is 1.55. The molecule has 2 heteroatoms. The molecule has 1 N–H and O–H groups in total. The van der Waals surface area contributed by atoms with E-state index in [1.165, 1.54) is 0 Å². The Labute approximate surface area is 89.4 Å². The Morgan fingerprint density at radius 1 is 1.43 bits per heavy atom. The predicted octanol–water partition coefficient (Wildman–Crippen LogP) is 2.13. The van der Waals surface area contributed by atoms with Gasteiger partial charge >= 0.3 is 0 Å². The zero-order chi connectivity index (χ0) is 11.2. The highest BCUT2D eigenvalue weighted by atomic mass is 15.1. The molecule has 0 saturated carbocycles. The van der Waals surface area contributed by atoms with Crippen LogP contribution in [0.15, 0.2) is 12.7 Å². The lowest BCUT2D eigenvalue weighted by molar-refractivity contribution is 0.214. The van der Waals surface area contributed by atoms with Gasteiger partial charge in [0.25, 0.3) is 0 Å². The topological polar surface area (TPSA) is 15.3 Å².